The van der Waals surface area contributed by atoms with E-state index in [4.69, 9.17) is 17.5 Å². The Hall–Kier alpha value is -2.47. The number of hydrogen-bond acceptors (Lipinski definition) is 6. The third kappa shape index (κ3) is 4.45. The van der Waals surface area contributed by atoms with Gasteiger partial charge in [-0.15, -0.1) is 5.10 Å². The molecule has 0 aliphatic heterocycles. The van der Waals surface area contributed by atoms with Crippen molar-refractivity contribution < 1.29 is 4.79 Å². The Morgan fingerprint density at radius 2 is 2.00 bits per heavy atom. The summed E-state index contributed by atoms with van der Waals surface area (Å²) >= 11 is 8.16. The number of para-hydroxylation sites is 2. The molecule has 0 aliphatic rings. The molecule has 0 spiro atoms. The Kier molecular flexibility index (Phi) is 6.06. The predicted octanol–water partition coefficient (Wildman–Crippen LogP) is 4.96. The number of thioether (sulfide) groups is 1. The lowest BCUT2D eigenvalue weighted by Gasteiger charge is -2.11. The molecule has 3 rings (SSSR count). The molecule has 0 saturated heterocycles. The van der Waals surface area contributed by atoms with Gasteiger partial charge in [-0.25, -0.2) is 4.68 Å². The van der Waals surface area contributed by atoms with Gasteiger partial charge in [0.25, 0.3) is 0 Å². The van der Waals surface area contributed by atoms with E-state index >= 15 is 0 Å². The van der Waals surface area contributed by atoms with Crippen LogP contribution in [0.3, 0.4) is 0 Å². The monoisotopic (exact) mass is 412 g/mol. The Morgan fingerprint density at radius 1 is 1.30 bits per heavy atom. The summed E-state index contributed by atoms with van der Waals surface area (Å²) in [6.45, 7) is 3.81. The first kappa shape index (κ1) is 19.3. The number of anilines is 1. The molecule has 0 unspecified atom stereocenters. The summed E-state index contributed by atoms with van der Waals surface area (Å²) in [6, 6.07) is 16.9. The molecule has 8 heteroatoms. The van der Waals surface area contributed by atoms with Crippen LogP contribution in [0.25, 0.3) is 5.69 Å². The summed E-state index contributed by atoms with van der Waals surface area (Å²) in [5.74, 6) is -0.189. The maximum absolute atomic E-state index is 12.5. The largest absolute Gasteiger partial charge is 0.324 e. The molecule has 1 N–H and O–H groups in total. The van der Waals surface area contributed by atoms with Crippen molar-refractivity contribution in [1.82, 2.24) is 9.78 Å². The zero-order valence-electron chi connectivity index (χ0n) is 14.7. The highest BCUT2D eigenvalue weighted by Gasteiger charge is 2.19. The minimum absolute atomic E-state index is 0.189. The molecule has 1 atom stereocenters. The summed E-state index contributed by atoms with van der Waals surface area (Å²) < 4.78 is 3.08. The lowest BCUT2D eigenvalue weighted by atomic mass is 10.2. The fourth-order valence-corrected chi connectivity index (χ4v) is 4.88. The first-order valence-corrected chi connectivity index (χ1v) is 10.2. The van der Waals surface area contributed by atoms with Crippen LogP contribution in [0.15, 0.2) is 52.9 Å². The van der Waals surface area contributed by atoms with E-state index in [1.165, 1.54) is 23.1 Å². The molecule has 1 amide bonds. The van der Waals surface area contributed by atoms with Crippen molar-refractivity contribution in [3.8, 4) is 11.8 Å². The lowest BCUT2D eigenvalue weighted by Crippen LogP contribution is -2.22. The SMILES string of the molecule is Cc1ccccc1-n1nc(S[C@@H](C)C(=O)Nc2ccccc2C#N)sc1=S. The van der Waals surface area contributed by atoms with Crippen LogP contribution >= 0.6 is 35.3 Å². The fourth-order valence-electron chi connectivity index (χ4n) is 2.39. The molecule has 0 saturated carbocycles. The molecule has 0 fully saturated rings. The number of nitrogens with zero attached hydrogens (tertiary/aromatic N) is 3. The normalized spacial score (nSPS) is 11.6. The maximum atomic E-state index is 12.5. The molecule has 0 bridgehead atoms. The number of carbonyl (C=O) groups is 1. The Balaban J connectivity index is 1.75. The Labute approximate surface area is 170 Å². The third-order valence-electron chi connectivity index (χ3n) is 3.83. The van der Waals surface area contributed by atoms with Crippen LogP contribution in [0.1, 0.15) is 18.1 Å². The number of aryl methyl sites for hydroxylation is 1. The number of amides is 1. The van der Waals surface area contributed by atoms with Crippen LogP contribution < -0.4 is 5.32 Å². The van der Waals surface area contributed by atoms with Gasteiger partial charge in [-0.2, -0.15) is 5.26 Å². The number of rotatable bonds is 5. The summed E-state index contributed by atoms with van der Waals surface area (Å²) in [7, 11) is 0. The highest BCUT2D eigenvalue weighted by Crippen LogP contribution is 2.29. The van der Waals surface area contributed by atoms with Gasteiger partial charge < -0.3 is 5.32 Å². The molecule has 5 nitrogen and oxygen atoms in total. The second-order valence-corrected chi connectivity index (χ2v) is 8.95. The van der Waals surface area contributed by atoms with Gasteiger partial charge in [-0.3, -0.25) is 4.79 Å². The van der Waals surface area contributed by atoms with E-state index < -0.39 is 0 Å². The lowest BCUT2D eigenvalue weighted by molar-refractivity contribution is -0.115. The van der Waals surface area contributed by atoms with Gasteiger partial charge in [-0.1, -0.05) is 53.4 Å². The smallest absolute Gasteiger partial charge is 0.237 e. The molecule has 27 heavy (non-hydrogen) atoms. The summed E-state index contributed by atoms with van der Waals surface area (Å²) in [5, 5.41) is 16.1. The van der Waals surface area contributed by atoms with Crippen LogP contribution in [0.2, 0.25) is 0 Å². The molecule has 0 radical (unpaired) electrons. The van der Waals surface area contributed by atoms with Crippen LogP contribution in [0.4, 0.5) is 5.69 Å². The van der Waals surface area contributed by atoms with Gasteiger partial charge >= 0.3 is 0 Å². The van der Waals surface area contributed by atoms with Gasteiger partial charge in [0.2, 0.25) is 5.91 Å². The predicted molar refractivity (Wildman–Crippen MR) is 112 cm³/mol. The number of hydrogen-bond donors (Lipinski definition) is 1. The fraction of sp³-hybridized carbons (Fsp3) is 0.158. The highest BCUT2D eigenvalue weighted by atomic mass is 32.2. The minimum Gasteiger partial charge on any atom is -0.324 e. The van der Waals surface area contributed by atoms with Gasteiger partial charge in [0.15, 0.2) is 8.29 Å². The van der Waals surface area contributed by atoms with Crippen LogP contribution in [0, 0.1) is 22.2 Å². The van der Waals surface area contributed by atoms with Gasteiger partial charge in [-0.05, 0) is 49.8 Å². The molecule has 0 aliphatic carbocycles. The molecular formula is C19H16N4OS3. The van der Waals surface area contributed by atoms with E-state index in [1.54, 1.807) is 35.9 Å². The summed E-state index contributed by atoms with van der Waals surface area (Å²) in [5.41, 5.74) is 2.96. The van der Waals surface area contributed by atoms with Crippen molar-refractivity contribution in [2.75, 3.05) is 5.32 Å². The summed E-state index contributed by atoms with van der Waals surface area (Å²) in [6.07, 6.45) is 0. The third-order valence-corrected chi connectivity index (χ3v) is 6.24. The van der Waals surface area contributed by atoms with E-state index in [9.17, 15) is 4.79 Å². The van der Waals surface area contributed by atoms with E-state index in [0.717, 1.165) is 15.6 Å². The van der Waals surface area contributed by atoms with Gasteiger partial charge in [0, 0.05) is 0 Å². The molecule has 1 heterocycles. The summed E-state index contributed by atoms with van der Waals surface area (Å²) in [4.78, 5) is 12.5. The van der Waals surface area contributed by atoms with Crippen LogP contribution in [0.5, 0.6) is 0 Å². The second kappa shape index (κ2) is 8.48. The van der Waals surface area contributed by atoms with E-state index in [1.807, 2.05) is 31.2 Å². The van der Waals surface area contributed by atoms with Crippen molar-refractivity contribution in [2.45, 2.75) is 23.4 Å². The Bertz CT molecular complexity index is 1080. The zero-order chi connectivity index (χ0) is 19.4. The molecule has 1 aromatic heterocycles. The number of nitrogens with one attached hydrogen (secondary N) is 1. The molecule has 136 valence electrons. The Morgan fingerprint density at radius 3 is 2.74 bits per heavy atom. The first-order chi connectivity index (χ1) is 13.0. The average molecular weight is 413 g/mol. The number of benzene rings is 2. The highest BCUT2D eigenvalue weighted by molar-refractivity contribution is 8.02. The van der Waals surface area contributed by atoms with Crippen molar-refractivity contribution in [2.24, 2.45) is 0 Å². The zero-order valence-corrected chi connectivity index (χ0v) is 17.1. The van der Waals surface area contributed by atoms with Crippen LogP contribution in [-0.2, 0) is 4.79 Å². The van der Waals surface area contributed by atoms with Crippen molar-refractivity contribution in [3.05, 3.63) is 63.6 Å². The number of nitriles is 1. The topological polar surface area (TPSA) is 70.7 Å². The first-order valence-electron chi connectivity index (χ1n) is 8.12. The number of carbonyl (C=O) groups excluding carboxylic acids is 1. The molecule has 2 aromatic carbocycles. The quantitative estimate of drug-likeness (QED) is 0.474. The van der Waals surface area contributed by atoms with Gasteiger partial charge in [0.1, 0.15) is 6.07 Å². The van der Waals surface area contributed by atoms with Crippen molar-refractivity contribution >= 4 is 46.9 Å². The molecular weight excluding hydrogens is 396 g/mol. The van der Waals surface area contributed by atoms with Crippen molar-refractivity contribution in [3.63, 3.8) is 0 Å². The average Bonchev–Trinajstić information content (AvgIpc) is 3.02. The molecule has 3 aromatic rings. The van der Waals surface area contributed by atoms with E-state index in [-0.39, 0.29) is 11.2 Å². The second-order valence-electron chi connectivity index (χ2n) is 5.74. The van der Waals surface area contributed by atoms with E-state index in [0.29, 0.717) is 15.2 Å². The van der Waals surface area contributed by atoms with Crippen LogP contribution in [-0.4, -0.2) is 20.9 Å². The van der Waals surface area contributed by atoms with Crippen molar-refractivity contribution in [1.29, 1.82) is 5.26 Å². The van der Waals surface area contributed by atoms with E-state index in [2.05, 4.69) is 16.5 Å². The standard InChI is InChI=1S/C19H16N4OS3/c1-12-7-3-6-10-16(12)23-19(25)27-18(22-23)26-13(2)17(24)21-15-9-5-4-8-14(15)11-20/h3-10,13H,1-2H3,(H,21,24)/t13-/m0/s1. The maximum Gasteiger partial charge on any atom is 0.237 e. The minimum atomic E-state index is -0.386. The number of aromatic nitrogens is 2. The van der Waals surface area contributed by atoms with Gasteiger partial charge in [0.05, 0.1) is 22.2 Å².